The molecule has 102 valence electrons. The van der Waals surface area contributed by atoms with Gasteiger partial charge in [-0.1, -0.05) is 0 Å². The Kier molecular flexibility index (Phi) is 3.56. The number of anilines is 1. The zero-order valence-corrected chi connectivity index (χ0v) is 12.3. The van der Waals surface area contributed by atoms with Crippen molar-refractivity contribution in [1.82, 2.24) is 10.2 Å². The summed E-state index contributed by atoms with van der Waals surface area (Å²) < 4.78 is 11.5. The molecule has 2 heterocycles. The molecule has 2 aromatic heterocycles. The van der Waals surface area contributed by atoms with Crippen molar-refractivity contribution in [3.63, 3.8) is 0 Å². The maximum Gasteiger partial charge on any atom is 0.247 e. The van der Waals surface area contributed by atoms with Crippen LogP contribution in [0.25, 0.3) is 11.5 Å². The molecular weight excluding hydrogens is 322 g/mol. The van der Waals surface area contributed by atoms with Crippen LogP contribution in [0.3, 0.4) is 0 Å². The Morgan fingerprint density at radius 2 is 2.15 bits per heavy atom. The van der Waals surface area contributed by atoms with E-state index in [0.29, 0.717) is 12.4 Å². The molecule has 0 unspecified atom stereocenters. The first-order valence-corrected chi connectivity index (χ1v) is 6.86. The highest BCUT2D eigenvalue weighted by atomic mass is 79.9. The van der Waals surface area contributed by atoms with Crippen LogP contribution in [-0.4, -0.2) is 10.2 Å². The van der Waals surface area contributed by atoms with Crippen molar-refractivity contribution in [3.8, 4) is 11.5 Å². The summed E-state index contributed by atoms with van der Waals surface area (Å²) in [5.41, 5.74) is 3.05. The summed E-state index contributed by atoms with van der Waals surface area (Å²) in [5.74, 6) is 1.39. The van der Waals surface area contributed by atoms with Crippen molar-refractivity contribution in [2.75, 3.05) is 5.32 Å². The lowest BCUT2D eigenvalue weighted by atomic mass is 10.1. The lowest BCUT2D eigenvalue weighted by Crippen LogP contribution is -2.00. The number of furan rings is 1. The molecule has 0 atom stereocenters. The number of hydrogen-bond donors (Lipinski definition) is 1. The van der Waals surface area contributed by atoms with E-state index in [0.717, 1.165) is 27.0 Å². The van der Waals surface area contributed by atoms with E-state index in [1.54, 1.807) is 6.26 Å². The molecule has 0 fully saturated rings. The van der Waals surface area contributed by atoms with E-state index in [-0.39, 0.29) is 0 Å². The van der Waals surface area contributed by atoms with Crippen molar-refractivity contribution in [2.24, 2.45) is 0 Å². The average molecular weight is 334 g/mol. The van der Waals surface area contributed by atoms with Gasteiger partial charge < -0.3 is 14.2 Å². The van der Waals surface area contributed by atoms with Crippen LogP contribution in [0, 0.1) is 6.92 Å². The lowest BCUT2D eigenvalue weighted by Gasteiger charge is -2.09. The van der Waals surface area contributed by atoms with Crippen LogP contribution >= 0.6 is 15.9 Å². The van der Waals surface area contributed by atoms with Gasteiger partial charge in [0.2, 0.25) is 12.3 Å². The number of nitrogens with zero attached hydrogens (tertiary/aromatic N) is 2. The number of aromatic nitrogens is 2. The van der Waals surface area contributed by atoms with Gasteiger partial charge in [-0.05, 0) is 52.7 Å². The summed E-state index contributed by atoms with van der Waals surface area (Å²) in [6.07, 6.45) is 2.98. The van der Waals surface area contributed by atoms with Gasteiger partial charge in [-0.15, -0.1) is 10.2 Å². The van der Waals surface area contributed by atoms with Crippen LogP contribution in [0.2, 0.25) is 0 Å². The molecule has 0 amide bonds. The summed E-state index contributed by atoms with van der Waals surface area (Å²) in [6, 6.07) is 7.82. The zero-order valence-electron chi connectivity index (χ0n) is 10.8. The van der Waals surface area contributed by atoms with E-state index >= 15 is 0 Å². The molecular formula is C14H12BrN3O2. The summed E-state index contributed by atoms with van der Waals surface area (Å²) >= 11 is 3.43. The minimum absolute atomic E-state index is 0.522. The molecule has 0 saturated heterocycles. The number of nitrogens with one attached hydrogen (secondary N) is 1. The van der Waals surface area contributed by atoms with Crippen LogP contribution in [0.1, 0.15) is 11.3 Å². The predicted octanol–water partition coefficient (Wildman–Crippen LogP) is 4.01. The van der Waals surface area contributed by atoms with Crippen molar-refractivity contribution in [1.29, 1.82) is 0 Å². The normalized spacial score (nSPS) is 10.7. The molecule has 0 aliphatic carbocycles. The second-order valence-electron chi connectivity index (χ2n) is 4.32. The van der Waals surface area contributed by atoms with Crippen molar-refractivity contribution < 1.29 is 8.83 Å². The first-order chi connectivity index (χ1) is 9.74. The number of halogens is 1. The maximum absolute atomic E-state index is 5.37. The molecule has 0 bridgehead atoms. The minimum atomic E-state index is 0.522. The lowest BCUT2D eigenvalue weighted by molar-refractivity contribution is 0.516. The standard InChI is InChI=1S/C14H12BrN3O2/c1-9-6-10(14-18-17-8-20-14)2-3-12(9)16-7-13-11(15)4-5-19-13/h2-6,8,16H,7H2,1H3. The van der Waals surface area contributed by atoms with Gasteiger partial charge in [-0.25, -0.2) is 0 Å². The third-order valence-electron chi connectivity index (χ3n) is 2.96. The number of rotatable bonds is 4. The van der Waals surface area contributed by atoms with Gasteiger partial charge >= 0.3 is 0 Å². The van der Waals surface area contributed by atoms with Gasteiger partial charge in [0, 0.05) is 11.3 Å². The van der Waals surface area contributed by atoms with Crippen LogP contribution in [0.5, 0.6) is 0 Å². The fourth-order valence-electron chi connectivity index (χ4n) is 1.92. The van der Waals surface area contributed by atoms with E-state index in [1.807, 2.05) is 31.2 Å². The SMILES string of the molecule is Cc1cc(-c2nnco2)ccc1NCc1occc1Br. The molecule has 3 rings (SSSR count). The average Bonchev–Trinajstić information content (AvgIpc) is 3.09. The molecule has 0 aliphatic rings. The molecule has 0 saturated carbocycles. The van der Waals surface area contributed by atoms with Crippen LogP contribution in [0.15, 0.2) is 50.2 Å². The van der Waals surface area contributed by atoms with E-state index in [4.69, 9.17) is 8.83 Å². The fourth-order valence-corrected chi connectivity index (χ4v) is 2.26. The van der Waals surface area contributed by atoms with Gasteiger partial charge in [0.25, 0.3) is 0 Å². The predicted molar refractivity (Wildman–Crippen MR) is 78.2 cm³/mol. The smallest absolute Gasteiger partial charge is 0.247 e. The number of benzene rings is 1. The van der Waals surface area contributed by atoms with Crippen LogP contribution in [0.4, 0.5) is 5.69 Å². The quantitative estimate of drug-likeness (QED) is 0.781. The summed E-state index contributed by atoms with van der Waals surface area (Å²) in [5, 5.41) is 10.9. The van der Waals surface area contributed by atoms with E-state index in [9.17, 15) is 0 Å². The van der Waals surface area contributed by atoms with E-state index in [2.05, 4.69) is 31.4 Å². The van der Waals surface area contributed by atoms with Gasteiger partial charge in [0.15, 0.2) is 0 Å². The molecule has 20 heavy (non-hydrogen) atoms. The molecule has 1 N–H and O–H groups in total. The molecule has 0 radical (unpaired) electrons. The third kappa shape index (κ3) is 2.60. The fraction of sp³-hybridized carbons (Fsp3) is 0.143. The summed E-state index contributed by atoms with van der Waals surface area (Å²) in [4.78, 5) is 0. The number of hydrogen-bond acceptors (Lipinski definition) is 5. The zero-order chi connectivity index (χ0) is 13.9. The largest absolute Gasteiger partial charge is 0.466 e. The first kappa shape index (κ1) is 12.9. The Morgan fingerprint density at radius 1 is 1.25 bits per heavy atom. The molecule has 0 spiro atoms. The Hall–Kier alpha value is -2.08. The van der Waals surface area contributed by atoms with Crippen molar-refractivity contribution >= 4 is 21.6 Å². The summed E-state index contributed by atoms with van der Waals surface area (Å²) in [6.45, 7) is 2.65. The monoisotopic (exact) mass is 333 g/mol. The molecule has 5 nitrogen and oxygen atoms in total. The number of aryl methyl sites for hydroxylation is 1. The van der Waals surface area contributed by atoms with E-state index in [1.165, 1.54) is 6.39 Å². The van der Waals surface area contributed by atoms with Crippen molar-refractivity contribution in [3.05, 3.63) is 52.7 Å². The van der Waals surface area contributed by atoms with Gasteiger partial charge in [0.05, 0.1) is 17.3 Å². The third-order valence-corrected chi connectivity index (χ3v) is 3.67. The summed E-state index contributed by atoms with van der Waals surface area (Å²) in [7, 11) is 0. The topological polar surface area (TPSA) is 64.1 Å². The van der Waals surface area contributed by atoms with Gasteiger partial charge in [-0.2, -0.15) is 0 Å². The second-order valence-corrected chi connectivity index (χ2v) is 5.17. The Bertz CT molecular complexity index is 707. The molecule has 1 aromatic carbocycles. The highest BCUT2D eigenvalue weighted by molar-refractivity contribution is 9.10. The molecule has 3 aromatic rings. The minimum Gasteiger partial charge on any atom is -0.466 e. The Morgan fingerprint density at radius 3 is 2.80 bits per heavy atom. The highest BCUT2D eigenvalue weighted by Gasteiger charge is 2.07. The maximum atomic E-state index is 5.37. The van der Waals surface area contributed by atoms with Crippen molar-refractivity contribution in [2.45, 2.75) is 13.5 Å². The van der Waals surface area contributed by atoms with Gasteiger partial charge in [-0.3, -0.25) is 0 Å². The van der Waals surface area contributed by atoms with E-state index < -0.39 is 0 Å². The molecule has 6 heteroatoms. The Labute approximate surface area is 124 Å². The van der Waals surface area contributed by atoms with Gasteiger partial charge in [0.1, 0.15) is 5.76 Å². The first-order valence-electron chi connectivity index (χ1n) is 6.07. The second kappa shape index (κ2) is 5.50. The highest BCUT2D eigenvalue weighted by Crippen LogP contribution is 2.24. The Balaban J connectivity index is 1.76. The molecule has 0 aliphatic heterocycles. The van der Waals surface area contributed by atoms with Crippen LogP contribution in [-0.2, 0) is 6.54 Å². The van der Waals surface area contributed by atoms with Crippen LogP contribution < -0.4 is 5.32 Å².